The van der Waals surface area contributed by atoms with E-state index in [0.717, 1.165) is 18.1 Å². The molecule has 2 aliphatic rings. The van der Waals surface area contributed by atoms with E-state index >= 15 is 0 Å². The molecule has 1 amide bonds. The van der Waals surface area contributed by atoms with Crippen molar-refractivity contribution in [3.05, 3.63) is 0 Å². The molecule has 0 radical (unpaired) electrons. The fourth-order valence-electron chi connectivity index (χ4n) is 2.63. The summed E-state index contributed by atoms with van der Waals surface area (Å²) in [6.45, 7) is 3.12. The van der Waals surface area contributed by atoms with Crippen molar-refractivity contribution in [3.63, 3.8) is 0 Å². The molecule has 2 unspecified atom stereocenters. The predicted molar refractivity (Wildman–Crippen MR) is 68.7 cm³/mol. The Morgan fingerprint density at radius 3 is 2.81 bits per heavy atom. The van der Waals surface area contributed by atoms with E-state index in [2.05, 4.69) is 17.6 Å². The Hall–Kier alpha value is -0.220. The number of rotatable bonds is 3. The Bertz CT molecular complexity index is 235. The number of thioether (sulfide) groups is 1. The summed E-state index contributed by atoms with van der Waals surface area (Å²) in [7, 11) is 0. The monoisotopic (exact) mass is 242 g/mol. The number of carbonyl (C=O) groups excluding carboxylic acids is 1. The van der Waals surface area contributed by atoms with Crippen molar-refractivity contribution in [2.45, 2.75) is 44.7 Å². The van der Waals surface area contributed by atoms with Gasteiger partial charge >= 0.3 is 0 Å². The zero-order valence-corrected chi connectivity index (χ0v) is 10.8. The largest absolute Gasteiger partial charge is 0.352 e. The second-order valence-electron chi connectivity index (χ2n) is 4.92. The maximum atomic E-state index is 12.0. The zero-order chi connectivity index (χ0) is 11.4. The molecule has 16 heavy (non-hydrogen) atoms. The molecule has 1 saturated heterocycles. The van der Waals surface area contributed by atoms with Gasteiger partial charge in [0.15, 0.2) is 0 Å². The van der Waals surface area contributed by atoms with E-state index in [0.29, 0.717) is 12.0 Å². The molecule has 0 spiro atoms. The molecule has 0 aromatic heterocycles. The normalized spacial score (nSPS) is 28.9. The van der Waals surface area contributed by atoms with Gasteiger partial charge in [0.25, 0.3) is 0 Å². The summed E-state index contributed by atoms with van der Waals surface area (Å²) in [5.74, 6) is 2.96. The van der Waals surface area contributed by atoms with Crippen molar-refractivity contribution in [1.29, 1.82) is 0 Å². The Morgan fingerprint density at radius 1 is 1.44 bits per heavy atom. The van der Waals surface area contributed by atoms with Crippen LogP contribution >= 0.6 is 11.8 Å². The maximum Gasteiger partial charge on any atom is 0.238 e. The highest BCUT2D eigenvalue weighted by Gasteiger charge is 2.26. The third kappa shape index (κ3) is 3.14. The van der Waals surface area contributed by atoms with Gasteiger partial charge < -0.3 is 10.6 Å². The van der Waals surface area contributed by atoms with Crippen molar-refractivity contribution in [1.82, 2.24) is 10.6 Å². The molecule has 2 fully saturated rings. The van der Waals surface area contributed by atoms with Crippen molar-refractivity contribution in [2.24, 2.45) is 5.92 Å². The predicted octanol–water partition coefficient (Wildman–Crippen LogP) is 1.39. The lowest BCUT2D eigenvalue weighted by atomic mass is 9.99. The average Bonchev–Trinajstić information content (AvgIpc) is 2.83. The molecule has 1 aliphatic carbocycles. The number of hydrogen-bond acceptors (Lipinski definition) is 3. The fraction of sp³-hybridized carbons (Fsp3) is 0.917. The number of amides is 1. The van der Waals surface area contributed by atoms with Crippen LogP contribution in [-0.2, 0) is 4.79 Å². The van der Waals surface area contributed by atoms with Gasteiger partial charge in [-0.1, -0.05) is 12.8 Å². The fourth-order valence-corrected chi connectivity index (χ4v) is 3.57. The lowest BCUT2D eigenvalue weighted by Crippen LogP contribution is -2.52. The van der Waals surface area contributed by atoms with Crippen LogP contribution in [0, 0.1) is 5.92 Å². The van der Waals surface area contributed by atoms with Crippen molar-refractivity contribution in [2.75, 3.05) is 18.1 Å². The van der Waals surface area contributed by atoms with E-state index in [1.165, 1.54) is 25.7 Å². The molecule has 4 heteroatoms. The van der Waals surface area contributed by atoms with Crippen LogP contribution in [0.5, 0.6) is 0 Å². The van der Waals surface area contributed by atoms with Crippen LogP contribution in [-0.4, -0.2) is 36.0 Å². The molecule has 0 bridgehead atoms. The molecule has 3 nitrogen and oxygen atoms in total. The van der Waals surface area contributed by atoms with Crippen LogP contribution in [0.15, 0.2) is 0 Å². The second-order valence-corrected chi connectivity index (χ2v) is 6.07. The van der Waals surface area contributed by atoms with Crippen molar-refractivity contribution < 1.29 is 4.79 Å². The van der Waals surface area contributed by atoms with Crippen LogP contribution in [0.1, 0.15) is 32.6 Å². The van der Waals surface area contributed by atoms with Gasteiger partial charge in [0.2, 0.25) is 5.91 Å². The Morgan fingerprint density at radius 2 is 2.19 bits per heavy atom. The topological polar surface area (TPSA) is 41.1 Å². The average molecular weight is 242 g/mol. The third-order valence-electron chi connectivity index (χ3n) is 3.72. The summed E-state index contributed by atoms with van der Waals surface area (Å²) in [5, 5.41) is 6.46. The van der Waals surface area contributed by atoms with Crippen LogP contribution in [0.2, 0.25) is 0 Å². The van der Waals surface area contributed by atoms with Crippen molar-refractivity contribution in [3.8, 4) is 0 Å². The molecule has 1 aliphatic heterocycles. The van der Waals surface area contributed by atoms with Gasteiger partial charge in [-0.05, 0) is 25.7 Å². The molecule has 2 N–H and O–H groups in total. The highest BCUT2D eigenvalue weighted by Crippen LogP contribution is 2.27. The summed E-state index contributed by atoms with van der Waals surface area (Å²) in [5.41, 5.74) is 0. The zero-order valence-electron chi connectivity index (χ0n) is 10.00. The number of nitrogens with one attached hydrogen (secondary N) is 2. The number of hydrogen-bond donors (Lipinski definition) is 2. The molecule has 1 saturated carbocycles. The van der Waals surface area contributed by atoms with Gasteiger partial charge in [-0.2, -0.15) is 11.8 Å². The van der Waals surface area contributed by atoms with E-state index in [-0.39, 0.29) is 11.9 Å². The Balaban J connectivity index is 1.76. The van der Waals surface area contributed by atoms with E-state index in [1.807, 2.05) is 11.8 Å². The van der Waals surface area contributed by atoms with Crippen LogP contribution < -0.4 is 10.6 Å². The first kappa shape index (κ1) is 12.2. The van der Waals surface area contributed by atoms with Gasteiger partial charge in [-0.25, -0.2) is 0 Å². The lowest BCUT2D eigenvalue weighted by molar-refractivity contribution is -0.123. The quantitative estimate of drug-likeness (QED) is 0.786. The lowest BCUT2D eigenvalue weighted by Gasteiger charge is -2.26. The van der Waals surface area contributed by atoms with Gasteiger partial charge in [0.05, 0.1) is 6.04 Å². The highest BCUT2D eigenvalue weighted by atomic mass is 32.2. The standard InChI is InChI=1S/C12H22N2OS/c1-9(10-4-2-3-5-10)14-12(15)11-8-16-7-6-13-11/h9-11,13H,2-8H2,1H3,(H,14,15). The van der Waals surface area contributed by atoms with Gasteiger partial charge in [-0.3, -0.25) is 4.79 Å². The molecule has 0 aromatic rings. The first-order valence-electron chi connectivity index (χ1n) is 6.39. The molecular weight excluding hydrogens is 220 g/mol. The second kappa shape index (κ2) is 5.92. The minimum atomic E-state index is 0.0302. The van der Waals surface area contributed by atoms with Crippen molar-refractivity contribution >= 4 is 17.7 Å². The smallest absolute Gasteiger partial charge is 0.238 e. The van der Waals surface area contributed by atoms with Gasteiger partial charge in [0, 0.05) is 24.1 Å². The first-order chi connectivity index (χ1) is 7.77. The first-order valence-corrected chi connectivity index (χ1v) is 7.54. The van der Waals surface area contributed by atoms with E-state index in [9.17, 15) is 4.79 Å². The minimum Gasteiger partial charge on any atom is -0.352 e. The molecule has 2 rings (SSSR count). The SMILES string of the molecule is CC(NC(=O)C1CSCCN1)C1CCCC1. The molecular formula is C12H22N2OS. The van der Waals surface area contributed by atoms with Crippen LogP contribution in [0.3, 0.4) is 0 Å². The van der Waals surface area contributed by atoms with E-state index in [1.54, 1.807) is 0 Å². The van der Waals surface area contributed by atoms with Crippen LogP contribution in [0.25, 0.3) is 0 Å². The van der Waals surface area contributed by atoms with Gasteiger partial charge in [-0.15, -0.1) is 0 Å². The molecule has 2 atom stereocenters. The summed E-state index contributed by atoms with van der Waals surface area (Å²) in [6, 6.07) is 0.381. The minimum absolute atomic E-state index is 0.0302. The summed E-state index contributed by atoms with van der Waals surface area (Å²) < 4.78 is 0. The summed E-state index contributed by atoms with van der Waals surface area (Å²) in [6.07, 6.45) is 5.24. The molecule has 0 aromatic carbocycles. The molecule has 1 heterocycles. The Kier molecular flexibility index (Phi) is 4.53. The molecule has 92 valence electrons. The summed E-state index contributed by atoms with van der Waals surface area (Å²) >= 11 is 1.87. The van der Waals surface area contributed by atoms with E-state index < -0.39 is 0 Å². The highest BCUT2D eigenvalue weighted by molar-refractivity contribution is 7.99. The Labute approximate surface area is 102 Å². The summed E-state index contributed by atoms with van der Waals surface area (Å²) in [4.78, 5) is 12.0. The number of carbonyl (C=O) groups is 1. The maximum absolute atomic E-state index is 12.0. The van der Waals surface area contributed by atoms with E-state index in [4.69, 9.17) is 0 Å². The van der Waals surface area contributed by atoms with Crippen LogP contribution in [0.4, 0.5) is 0 Å². The third-order valence-corrected chi connectivity index (χ3v) is 4.78. The van der Waals surface area contributed by atoms with Gasteiger partial charge in [0.1, 0.15) is 0 Å².